The smallest absolute Gasteiger partial charge is 0.126 e. The third-order valence-corrected chi connectivity index (χ3v) is 1.52. The third-order valence-electron chi connectivity index (χ3n) is 1.52. The molecular formula is C9H11N3. The van der Waals surface area contributed by atoms with Crippen LogP contribution in [-0.4, -0.2) is 18.7 Å². The molecule has 0 bridgehead atoms. The van der Waals surface area contributed by atoms with Crippen LogP contribution in [0, 0.1) is 0 Å². The highest BCUT2D eigenvalue weighted by Gasteiger charge is 1.98. The fourth-order valence-corrected chi connectivity index (χ4v) is 0.891. The average Bonchev–Trinajstić information content (AvgIpc) is 2.16. The molecule has 12 heavy (non-hydrogen) atoms. The largest absolute Gasteiger partial charge is 0.373 e. The van der Waals surface area contributed by atoms with Gasteiger partial charge >= 0.3 is 0 Å². The Morgan fingerprint density at radius 3 is 2.83 bits per heavy atom. The first-order valence-electron chi connectivity index (χ1n) is 3.59. The minimum atomic E-state index is 0.747. The van der Waals surface area contributed by atoms with Gasteiger partial charge in [0.25, 0.3) is 0 Å². The summed E-state index contributed by atoms with van der Waals surface area (Å²) in [4.78, 5) is 8.02. The fourth-order valence-electron chi connectivity index (χ4n) is 0.891. The van der Waals surface area contributed by atoms with E-state index in [1.165, 1.54) is 0 Å². The first kappa shape index (κ1) is 8.46. The molecule has 0 aromatic carbocycles. The molecule has 1 aromatic heterocycles. The Balaban J connectivity index is 3.18. The zero-order chi connectivity index (χ0) is 8.97. The van der Waals surface area contributed by atoms with Gasteiger partial charge in [0.05, 0.1) is 11.4 Å². The molecule has 0 aliphatic heterocycles. The SMILES string of the molecule is C=Cc1nc(NC)ccc1N=C. The number of nitrogens with one attached hydrogen (secondary N) is 1. The molecule has 3 heteroatoms. The van der Waals surface area contributed by atoms with Crippen LogP contribution in [-0.2, 0) is 0 Å². The molecule has 0 fully saturated rings. The summed E-state index contributed by atoms with van der Waals surface area (Å²) in [6.07, 6.45) is 1.66. The van der Waals surface area contributed by atoms with Crippen molar-refractivity contribution in [1.29, 1.82) is 0 Å². The molecule has 0 saturated heterocycles. The molecule has 0 aliphatic carbocycles. The van der Waals surface area contributed by atoms with Crippen molar-refractivity contribution >= 4 is 24.3 Å². The van der Waals surface area contributed by atoms with Crippen molar-refractivity contribution in [2.45, 2.75) is 0 Å². The van der Waals surface area contributed by atoms with Crippen LogP contribution in [0.25, 0.3) is 6.08 Å². The van der Waals surface area contributed by atoms with Gasteiger partial charge in [0.15, 0.2) is 0 Å². The highest BCUT2D eigenvalue weighted by molar-refractivity contribution is 5.63. The number of hydrogen-bond acceptors (Lipinski definition) is 3. The van der Waals surface area contributed by atoms with Crippen molar-refractivity contribution in [2.24, 2.45) is 4.99 Å². The third kappa shape index (κ3) is 1.50. The van der Waals surface area contributed by atoms with Crippen molar-refractivity contribution in [1.82, 2.24) is 4.98 Å². The van der Waals surface area contributed by atoms with E-state index in [9.17, 15) is 0 Å². The molecule has 0 amide bonds. The first-order chi connectivity index (χ1) is 5.81. The molecule has 0 aliphatic rings. The van der Waals surface area contributed by atoms with Crippen molar-refractivity contribution in [2.75, 3.05) is 12.4 Å². The molecule has 62 valence electrons. The average molecular weight is 161 g/mol. The predicted molar refractivity (Wildman–Crippen MR) is 53.1 cm³/mol. The lowest BCUT2D eigenvalue weighted by Crippen LogP contribution is -1.92. The highest BCUT2D eigenvalue weighted by atomic mass is 15.0. The molecule has 0 radical (unpaired) electrons. The number of aromatic nitrogens is 1. The number of nitrogens with zero attached hydrogens (tertiary/aromatic N) is 2. The number of hydrogen-bond donors (Lipinski definition) is 1. The van der Waals surface area contributed by atoms with E-state index in [0.29, 0.717) is 0 Å². The second-order valence-corrected chi connectivity index (χ2v) is 2.21. The quantitative estimate of drug-likeness (QED) is 0.689. The minimum absolute atomic E-state index is 0.747. The number of anilines is 1. The summed E-state index contributed by atoms with van der Waals surface area (Å²) in [7, 11) is 1.82. The van der Waals surface area contributed by atoms with Gasteiger partial charge in [0.1, 0.15) is 5.82 Å². The van der Waals surface area contributed by atoms with Gasteiger partial charge < -0.3 is 5.32 Å². The Morgan fingerprint density at radius 1 is 1.58 bits per heavy atom. The fraction of sp³-hybridized carbons (Fsp3) is 0.111. The Kier molecular flexibility index (Phi) is 2.58. The van der Waals surface area contributed by atoms with Gasteiger partial charge in [0, 0.05) is 7.05 Å². The summed E-state index contributed by atoms with van der Waals surface area (Å²) in [5, 5.41) is 2.93. The van der Waals surface area contributed by atoms with Gasteiger partial charge in [0.2, 0.25) is 0 Å². The lowest BCUT2D eigenvalue weighted by molar-refractivity contribution is 1.25. The second-order valence-electron chi connectivity index (χ2n) is 2.21. The predicted octanol–water partition coefficient (Wildman–Crippen LogP) is 2.10. The van der Waals surface area contributed by atoms with Crippen molar-refractivity contribution < 1.29 is 0 Å². The molecule has 3 nitrogen and oxygen atoms in total. The standard InChI is InChI=1S/C9H11N3/c1-4-7-8(10-2)5-6-9(11-3)12-7/h4-6H,1-2H2,3H3,(H,11,12). The summed E-state index contributed by atoms with van der Waals surface area (Å²) >= 11 is 0. The van der Waals surface area contributed by atoms with Gasteiger partial charge in [-0.1, -0.05) is 6.58 Å². The molecule has 1 heterocycles. The number of rotatable bonds is 3. The van der Waals surface area contributed by atoms with Crippen LogP contribution in [0.15, 0.2) is 23.7 Å². The molecule has 1 rings (SSSR count). The normalized spacial score (nSPS) is 9.08. The van der Waals surface area contributed by atoms with Crippen LogP contribution in [0.1, 0.15) is 5.69 Å². The van der Waals surface area contributed by atoms with E-state index in [2.05, 4.69) is 28.6 Å². The topological polar surface area (TPSA) is 37.3 Å². The van der Waals surface area contributed by atoms with Crippen LogP contribution >= 0.6 is 0 Å². The molecule has 0 saturated carbocycles. The summed E-state index contributed by atoms with van der Waals surface area (Å²) < 4.78 is 0. The van der Waals surface area contributed by atoms with E-state index in [-0.39, 0.29) is 0 Å². The molecule has 0 unspecified atom stereocenters. The maximum atomic E-state index is 4.22. The van der Waals surface area contributed by atoms with Crippen LogP contribution in [0.3, 0.4) is 0 Å². The second kappa shape index (κ2) is 3.67. The Morgan fingerprint density at radius 2 is 2.33 bits per heavy atom. The molecule has 1 N–H and O–H groups in total. The van der Waals surface area contributed by atoms with Gasteiger partial charge in [-0.05, 0) is 24.9 Å². The van der Waals surface area contributed by atoms with Crippen LogP contribution in [0.2, 0.25) is 0 Å². The number of aliphatic imine (C=N–C) groups is 1. The Labute approximate surface area is 71.9 Å². The van der Waals surface area contributed by atoms with Gasteiger partial charge in [-0.15, -0.1) is 0 Å². The maximum absolute atomic E-state index is 4.22. The Hall–Kier alpha value is -1.64. The van der Waals surface area contributed by atoms with Crippen molar-refractivity contribution in [3.05, 3.63) is 24.4 Å². The zero-order valence-electron chi connectivity index (χ0n) is 7.04. The minimum Gasteiger partial charge on any atom is -0.373 e. The highest BCUT2D eigenvalue weighted by Crippen LogP contribution is 2.19. The van der Waals surface area contributed by atoms with E-state index in [1.54, 1.807) is 6.08 Å². The van der Waals surface area contributed by atoms with Crippen LogP contribution in [0.5, 0.6) is 0 Å². The van der Waals surface area contributed by atoms with Crippen LogP contribution < -0.4 is 5.32 Å². The molecule has 0 atom stereocenters. The van der Waals surface area contributed by atoms with E-state index in [0.717, 1.165) is 17.2 Å². The summed E-state index contributed by atoms with van der Waals surface area (Å²) in [5.41, 5.74) is 1.50. The zero-order valence-corrected chi connectivity index (χ0v) is 7.04. The van der Waals surface area contributed by atoms with Crippen LogP contribution in [0.4, 0.5) is 11.5 Å². The molecular weight excluding hydrogens is 150 g/mol. The Bertz CT molecular complexity index is 305. The van der Waals surface area contributed by atoms with E-state index in [4.69, 9.17) is 0 Å². The van der Waals surface area contributed by atoms with E-state index in [1.807, 2.05) is 19.2 Å². The number of pyridine rings is 1. The molecule has 0 spiro atoms. The summed E-state index contributed by atoms with van der Waals surface area (Å²) in [5.74, 6) is 0.803. The lowest BCUT2D eigenvalue weighted by Gasteiger charge is -2.02. The maximum Gasteiger partial charge on any atom is 0.126 e. The lowest BCUT2D eigenvalue weighted by atomic mass is 10.3. The molecule has 1 aromatic rings. The monoisotopic (exact) mass is 161 g/mol. The summed E-state index contributed by atoms with van der Waals surface area (Å²) in [6.45, 7) is 7.07. The summed E-state index contributed by atoms with van der Waals surface area (Å²) in [6, 6.07) is 3.69. The van der Waals surface area contributed by atoms with Crippen molar-refractivity contribution in [3.8, 4) is 0 Å². The van der Waals surface area contributed by atoms with Gasteiger partial charge in [-0.2, -0.15) is 0 Å². The first-order valence-corrected chi connectivity index (χ1v) is 3.59. The van der Waals surface area contributed by atoms with Gasteiger partial charge in [-0.25, -0.2) is 4.98 Å². The van der Waals surface area contributed by atoms with Crippen molar-refractivity contribution in [3.63, 3.8) is 0 Å². The van der Waals surface area contributed by atoms with E-state index >= 15 is 0 Å². The van der Waals surface area contributed by atoms with Gasteiger partial charge in [-0.3, -0.25) is 4.99 Å². The van der Waals surface area contributed by atoms with E-state index < -0.39 is 0 Å².